The minimum Gasteiger partial charge on any atom is -0.463 e. The fourth-order valence-electron chi connectivity index (χ4n) is 3.40. The average Bonchev–Trinajstić information content (AvgIpc) is 2.68. The maximum atomic E-state index is 11.8. The van der Waals surface area contributed by atoms with Gasteiger partial charge in [0.15, 0.2) is 24.6 Å². The molecule has 0 spiro atoms. The number of esters is 4. The van der Waals surface area contributed by atoms with Gasteiger partial charge in [-0.05, 0) is 6.42 Å². The number of hydrogen-bond donors (Lipinski definition) is 0. The molecule has 1 saturated heterocycles. The SMILES string of the molecule is CCCCCCCCO[C@H]1O[C@H](COC(C)=O)[C@H](OC(C)=O)[C@H](OC(C)=O)[C@H]1OC(C)=O. The summed E-state index contributed by atoms with van der Waals surface area (Å²) in [6, 6.07) is 0. The van der Waals surface area contributed by atoms with Crippen LogP contribution in [0.15, 0.2) is 0 Å². The topological polar surface area (TPSA) is 124 Å². The quantitative estimate of drug-likeness (QED) is 0.230. The Labute approximate surface area is 189 Å². The molecular formula is C22H36O10. The Morgan fingerprint density at radius 2 is 1.22 bits per heavy atom. The van der Waals surface area contributed by atoms with E-state index in [-0.39, 0.29) is 6.61 Å². The van der Waals surface area contributed by atoms with Crippen molar-refractivity contribution >= 4 is 23.9 Å². The minimum absolute atomic E-state index is 0.269. The molecule has 10 nitrogen and oxygen atoms in total. The second-order valence-corrected chi connectivity index (χ2v) is 7.71. The Bertz CT molecular complexity index is 620. The molecule has 0 aromatic rings. The number of carbonyl (C=O) groups is 4. The Hall–Kier alpha value is -2.20. The van der Waals surface area contributed by atoms with E-state index in [1.54, 1.807) is 0 Å². The second-order valence-electron chi connectivity index (χ2n) is 7.71. The molecule has 0 saturated carbocycles. The predicted molar refractivity (Wildman–Crippen MR) is 111 cm³/mol. The molecule has 0 aromatic carbocycles. The number of unbranched alkanes of at least 4 members (excludes halogenated alkanes) is 5. The molecule has 1 aliphatic rings. The summed E-state index contributed by atoms with van der Waals surface area (Å²) >= 11 is 0. The van der Waals surface area contributed by atoms with Crippen LogP contribution in [-0.2, 0) is 47.6 Å². The molecule has 184 valence electrons. The van der Waals surface area contributed by atoms with E-state index in [9.17, 15) is 19.2 Å². The highest BCUT2D eigenvalue weighted by Crippen LogP contribution is 2.30. The van der Waals surface area contributed by atoms with Crippen molar-refractivity contribution in [3.8, 4) is 0 Å². The molecule has 1 heterocycles. The zero-order valence-electron chi connectivity index (χ0n) is 19.6. The maximum Gasteiger partial charge on any atom is 0.303 e. The van der Waals surface area contributed by atoms with Crippen molar-refractivity contribution in [3.05, 3.63) is 0 Å². The van der Waals surface area contributed by atoms with E-state index in [1.807, 2.05) is 0 Å². The Morgan fingerprint density at radius 1 is 0.688 bits per heavy atom. The van der Waals surface area contributed by atoms with Gasteiger partial charge in [-0.25, -0.2) is 0 Å². The lowest BCUT2D eigenvalue weighted by Gasteiger charge is -2.44. The molecule has 0 radical (unpaired) electrons. The van der Waals surface area contributed by atoms with Gasteiger partial charge < -0.3 is 28.4 Å². The van der Waals surface area contributed by atoms with Gasteiger partial charge in [0.25, 0.3) is 0 Å². The monoisotopic (exact) mass is 460 g/mol. The van der Waals surface area contributed by atoms with Gasteiger partial charge in [-0.2, -0.15) is 0 Å². The summed E-state index contributed by atoms with van der Waals surface area (Å²) in [5.41, 5.74) is 0. The molecule has 0 bridgehead atoms. The fourth-order valence-corrected chi connectivity index (χ4v) is 3.40. The summed E-state index contributed by atoms with van der Waals surface area (Å²) in [6.07, 6.45) is 0.641. The third kappa shape index (κ3) is 10.4. The van der Waals surface area contributed by atoms with Gasteiger partial charge in [0, 0.05) is 34.3 Å². The molecule has 0 aromatic heterocycles. The van der Waals surface area contributed by atoms with Crippen LogP contribution in [0.3, 0.4) is 0 Å². The Kier molecular flexibility index (Phi) is 12.9. The predicted octanol–water partition coefficient (Wildman–Crippen LogP) is 2.45. The molecule has 1 aliphatic heterocycles. The van der Waals surface area contributed by atoms with Gasteiger partial charge >= 0.3 is 23.9 Å². The van der Waals surface area contributed by atoms with Crippen LogP contribution in [0.5, 0.6) is 0 Å². The van der Waals surface area contributed by atoms with Gasteiger partial charge in [-0.1, -0.05) is 39.0 Å². The average molecular weight is 461 g/mol. The third-order valence-electron chi connectivity index (χ3n) is 4.73. The van der Waals surface area contributed by atoms with Crippen LogP contribution in [-0.4, -0.2) is 67.8 Å². The van der Waals surface area contributed by atoms with E-state index in [1.165, 1.54) is 34.1 Å². The van der Waals surface area contributed by atoms with Gasteiger partial charge in [0.2, 0.25) is 0 Å². The molecule has 0 aliphatic carbocycles. The third-order valence-corrected chi connectivity index (χ3v) is 4.73. The molecular weight excluding hydrogens is 424 g/mol. The zero-order chi connectivity index (χ0) is 24.1. The van der Waals surface area contributed by atoms with E-state index in [2.05, 4.69) is 6.92 Å². The smallest absolute Gasteiger partial charge is 0.303 e. The summed E-state index contributed by atoms with van der Waals surface area (Å²) in [6.45, 7) is 6.97. The standard InChI is InChI=1S/C22H36O10/c1-6-7-8-9-10-11-12-27-22-21(31-17(5)26)20(30-16(4)25)19(29-15(3)24)18(32-22)13-28-14(2)23/h18-22H,6-13H2,1-5H3/t18-,19+,20+,21-,22+/m1/s1. The largest absolute Gasteiger partial charge is 0.463 e. The summed E-state index contributed by atoms with van der Waals surface area (Å²) in [5.74, 6) is -2.56. The van der Waals surface area contributed by atoms with Crippen LogP contribution in [0.1, 0.15) is 73.1 Å². The lowest BCUT2D eigenvalue weighted by Crippen LogP contribution is -2.63. The summed E-state index contributed by atoms with van der Waals surface area (Å²) in [4.78, 5) is 46.5. The van der Waals surface area contributed by atoms with Gasteiger partial charge in [-0.15, -0.1) is 0 Å². The molecule has 1 rings (SSSR count). The Balaban J connectivity index is 3.01. The van der Waals surface area contributed by atoms with Crippen LogP contribution in [0.25, 0.3) is 0 Å². The van der Waals surface area contributed by atoms with Crippen molar-refractivity contribution in [3.63, 3.8) is 0 Å². The van der Waals surface area contributed by atoms with Crippen molar-refractivity contribution in [1.29, 1.82) is 0 Å². The van der Waals surface area contributed by atoms with Crippen molar-refractivity contribution in [1.82, 2.24) is 0 Å². The molecule has 32 heavy (non-hydrogen) atoms. The first-order valence-electron chi connectivity index (χ1n) is 11.1. The summed E-state index contributed by atoms with van der Waals surface area (Å²) < 4.78 is 32.8. The van der Waals surface area contributed by atoms with Crippen LogP contribution in [0.2, 0.25) is 0 Å². The number of carbonyl (C=O) groups excluding carboxylic acids is 4. The summed E-state index contributed by atoms with van der Waals surface area (Å²) in [7, 11) is 0. The molecule has 1 fully saturated rings. The Morgan fingerprint density at radius 3 is 1.78 bits per heavy atom. The molecule has 0 unspecified atom stereocenters. The minimum atomic E-state index is -1.20. The number of ether oxygens (including phenoxy) is 6. The molecule has 0 amide bonds. The zero-order valence-corrected chi connectivity index (χ0v) is 19.6. The first kappa shape index (κ1) is 27.8. The van der Waals surface area contributed by atoms with E-state index in [0.717, 1.165) is 32.1 Å². The van der Waals surface area contributed by atoms with Crippen molar-refractivity contribution in [2.75, 3.05) is 13.2 Å². The van der Waals surface area contributed by atoms with Crippen molar-refractivity contribution in [2.24, 2.45) is 0 Å². The first-order chi connectivity index (χ1) is 15.1. The fraction of sp³-hybridized carbons (Fsp3) is 0.818. The molecule has 5 atom stereocenters. The highest BCUT2D eigenvalue weighted by Gasteiger charge is 2.52. The summed E-state index contributed by atoms with van der Waals surface area (Å²) in [5, 5.41) is 0. The lowest BCUT2D eigenvalue weighted by molar-refractivity contribution is -0.308. The van der Waals surface area contributed by atoms with Gasteiger partial charge in [0.05, 0.1) is 0 Å². The van der Waals surface area contributed by atoms with E-state index >= 15 is 0 Å². The maximum absolute atomic E-state index is 11.8. The van der Waals surface area contributed by atoms with Gasteiger partial charge in [-0.3, -0.25) is 19.2 Å². The van der Waals surface area contributed by atoms with Crippen LogP contribution in [0.4, 0.5) is 0 Å². The highest BCUT2D eigenvalue weighted by atomic mass is 16.7. The lowest BCUT2D eigenvalue weighted by atomic mass is 9.98. The van der Waals surface area contributed by atoms with Crippen LogP contribution < -0.4 is 0 Å². The van der Waals surface area contributed by atoms with Crippen LogP contribution in [0, 0.1) is 0 Å². The van der Waals surface area contributed by atoms with E-state index in [4.69, 9.17) is 28.4 Å². The first-order valence-corrected chi connectivity index (χ1v) is 11.1. The van der Waals surface area contributed by atoms with E-state index < -0.39 is 54.6 Å². The van der Waals surface area contributed by atoms with Gasteiger partial charge in [0.1, 0.15) is 12.7 Å². The van der Waals surface area contributed by atoms with E-state index in [0.29, 0.717) is 6.61 Å². The highest BCUT2D eigenvalue weighted by molar-refractivity contribution is 5.68. The number of rotatable bonds is 13. The molecule has 10 heteroatoms. The van der Waals surface area contributed by atoms with Crippen molar-refractivity contribution < 1.29 is 47.6 Å². The normalized spacial score (nSPS) is 25.0. The van der Waals surface area contributed by atoms with Crippen LogP contribution >= 0.6 is 0 Å². The van der Waals surface area contributed by atoms with Crippen molar-refractivity contribution in [2.45, 2.75) is 104 Å². The second kappa shape index (κ2) is 14.8. The molecule has 0 N–H and O–H groups in total. The number of hydrogen-bond acceptors (Lipinski definition) is 10.